The number of ether oxygens (including phenoxy) is 2. The highest BCUT2D eigenvalue weighted by atomic mass is 32.2. The fourth-order valence-electron chi connectivity index (χ4n) is 2.97. The molecule has 32 heavy (non-hydrogen) atoms. The maximum absolute atomic E-state index is 12.8. The first-order chi connectivity index (χ1) is 15.3. The highest BCUT2D eigenvalue weighted by Crippen LogP contribution is 2.29. The monoisotopic (exact) mass is 464 g/mol. The van der Waals surface area contributed by atoms with Gasteiger partial charge in [-0.15, -0.1) is 0 Å². The molecule has 0 saturated carbocycles. The second kappa shape index (κ2) is 10.4. The third-order valence-electron chi connectivity index (χ3n) is 4.64. The van der Waals surface area contributed by atoms with E-state index in [9.17, 15) is 23.6 Å². The van der Waals surface area contributed by atoms with E-state index in [1.54, 1.807) is 12.1 Å². The number of aromatic hydroxyl groups is 1. The summed E-state index contributed by atoms with van der Waals surface area (Å²) in [6.07, 6.45) is 2.13. The maximum atomic E-state index is 12.8. The summed E-state index contributed by atoms with van der Waals surface area (Å²) in [6, 6.07) is 8.28. The Morgan fingerprint density at radius 1 is 1.28 bits per heavy atom. The fraction of sp³-hybridized carbons (Fsp3) is 0.350. The van der Waals surface area contributed by atoms with Gasteiger partial charge in [0.2, 0.25) is 10.0 Å². The largest absolute Gasteiger partial charge is 0.507 e. The Bertz CT molecular complexity index is 1100. The summed E-state index contributed by atoms with van der Waals surface area (Å²) in [6.45, 7) is 3.41. The number of phenolic OH excluding ortho intramolecular Hbond substituents is 1. The Morgan fingerprint density at radius 2 is 2.03 bits per heavy atom. The highest BCUT2D eigenvalue weighted by Gasteiger charge is 2.28. The minimum Gasteiger partial charge on any atom is -0.507 e. The zero-order chi connectivity index (χ0) is 23.1. The van der Waals surface area contributed by atoms with E-state index in [4.69, 9.17) is 9.47 Å². The lowest BCUT2D eigenvalue weighted by molar-refractivity contribution is -0.384. The van der Waals surface area contributed by atoms with Gasteiger partial charge in [-0.1, -0.05) is 6.92 Å². The van der Waals surface area contributed by atoms with Gasteiger partial charge in [0.15, 0.2) is 0 Å². The van der Waals surface area contributed by atoms with Crippen LogP contribution in [0.5, 0.6) is 11.5 Å². The molecule has 2 aromatic carbocycles. The van der Waals surface area contributed by atoms with E-state index in [1.165, 1.54) is 28.7 Å². The van der Waals surface area contributed by atoms with Crippen molar-refractivity contribution in [2.75, 3.05) is 38.3 Å². The minimum atomic E-state index is -3.88. The molecule has 1 aliphatic heterocycles. The van der Waals surface area contributed by atoms with Crippen LogP contribution in [0.1, 0.15) is 18.9 Å². The molecule has 0 unspecified atom stereocenters. The second-order valence-corrected chi connectivity index (χ2v) is 8.83. The van der Waals surface area contributed by atoms with Gasteiger partial charge in [-0.05, 0) is 30.7 Å². The molecule has 1 saturated heterocycles. The van der Waals surface area contributed by atoms with Crippen molar-refractivity contribution in [1.29, 1.82) is 0 Å². The van der Waals surface area contributed by atoms with E-state index >= 15 is 0 Å². The zero-order valence-electron chi connectivity index (χ0n) is 17.4. The van der Waals surface area contributed by atoms with Crippen molar-refractivity contribution in [3.05, 3.63) is 52.1 Å². The second-order valence-electron chi connectivity index (χ2n) is 6.89. The summed E-state index contributed by atoms with van der Waals surface area (Å²) in [4.78, 5) is 10.7. The molecule has 12 heteroatoms. The predicted molar refractivity (Wildman–Crippen MR) is 118 cm³/mol. The molecule has 1 aliphatic rings. The maximum Gasteiger partial charge on any atom is 0.295 e. The van der Waals surface area contributed by atoms with E-state index in [0.29, 0.717) is 17.9 Å². The van der Waals surface area contributed by atoms with Crippen molar-refractivity contribution in [3.8, 4) is 11.5 Å². The topological polar surface area (TPSA) is 144 Å². The molecule has 0 radical (unpaired) electrons. The summed E-state index contributed by atoms with van der Waals surface area (Å²) in [7, 11) is -3.88. The summed E-state index contributed by atoms with van der Waals surface area (Å²) in [5.41, 5.74) is 2.47. The lowest BCUT2D eigenvalue weighted by atomic mass is 10.2. The molecule has 0 amide bonds. The summed E-state index contributed by atoms with van der Waals surface area (Å²) >= 11 is 0. The molecule has 2 N–H and O–H groups in total. The molecule has 172 valence electrons. The number of hydrogen-bond acceptors (Lipinski definition) is 9. The lowest BCUT2D eigenvalue weighted by Crippen LogP contribution is -2.40. The van der Waals surface area contributed by atoms with Crippen LogP contribution in [0.15, 0.2) is 46.4 Å². The lowest BCUT2D eigenvalue weighted by Gasteiger charge is -2.26. The molecule has 0 aromatic heterocycles. The molecule has 1 heterocycles. The smallest absolute Gasteiger partial charge is 0.295 e. The van der Waals surface area contributed by atoms with Gasteiger partial charge in [0.25, 0.3) is 5.69 Å². The number of hydrazone groups is 1. The Balaban J connectivity index is 1.77. The van der Waals surface area contributed by atoms with Crippen molar-refractivity contribution in [3.63, 3.8) is 0 Å². The van der Waals surface area contributed by atoms with Crippen LogP contribution in [0, 0.1) is 10.1 Å². The number of nitrogens with one attached hydrogen (secondary N) is 1. The van der Waals surface area contributed by atoms with Gasteiger partial charge in [0, 0.05) is 30.8 Å². The van der Waals surface area contributed by atoms with Gasteiger partial charge < -0.3 is 14.6 Å². The Hall–Kier alpha value is -3.22. The molecule has 3 rings (SSSR count). The van der Waals surface area contributed by atoms with E-state index in [0.717, 1.165) is 12.5 Å². The standard InChI is InChI=1S/C20H24N4O7S/c1-2-9-31-16-4-3-15(20(25)12-16)14-21-22-18-6-5-17(13-19(18)24(26)27)32(28,29)23-7-10-30-11-8-23/h3-6,12-14,22,25H,2,7-11H2,1H3/b21-14-. The van der Waals surface area contributed by atoms with Gasteiger partial charge in [-0.25, -0.2) is 8.42 Å². The van der Waals surface area contributed by atoms with Crippen molar-refractivity contribution in [2.45, 2.75) is 18.2 Å². The Kier molecular flexibility index (Phi) is 7.62. The average molecular weight is 465 g/mol. The number of nitro benzene ring substituents is 1. The third-order valence-corrected chi connectivity index (χ3v) is 6.53. The molecule has 0 spiro atoms. The average Bonchev–Trinajstić information content (AvgIpc) is 2.79. The number of sulfonamides is 1. The zero-order valence-corrected chi connectivity index (χ0v) is 18.2. The van der Waals surface area contributed by atoms with Crippen molar-refractivity contribution in [2.24, 2.45) is 5.10 Å². The number of morpholine rings is 1. The first-order valence-corrected chi connectivity index (χ1v) is 11.4. The highest BCUT2D eigenvalue weighted by molar-refractivity contribution is 7.89. The van der Waals surface area contributed by atoms with Crippen molar-refractivity contribution >= 4 is 27.6 Å². The molecule has 0 aliphatic carbocycles. The van der Waals surface area contributed by atoms with Crippen LogP contribution in [0.4, 0.5) is 11.4 Å². The van der Waals surface area contributed by atoms with Gasteiger partial charge in [0.05, 0.1) is 35.9 Å². The van der Waals surface area contributed by atoms with Crippen molar-refractivity contribution < 1.29 is 27.9 Å². The number of phenols is 1. The predicted octanol–water partition coefficient (Wildman–Crippen LogP) is 2.56. The molecule has 0 atom stereocenters. The van der Waals surface area contributed by atoms with Crippen LogP contribution < -0.4 is 10.2 Å². The number of hydrogen-bond donors (Lipinski definition) is 2. The number of benzene rings is 2. The van der Waals surface area contributed by atoms with E-state index in [-0.39, 0.29) is 42.6 Å². The van der Waals surface area contributed by atoms with Gasteiger partial charge in [0.1, 0.15) is 17.2 Å². The summed E-state index contributed by atoms with van der Waals surface area (Å²) < 4.78 is 37.4. The minimum absolute atomic E-state index is 0.00886. The molecule has 2 aromatic rings. The van der Waals surface area contributed by atoms with Gasteiger partial charge in [-0.3, -0.25) is 15.5 Å². The van der Waals surface area contributed by atoms with Crippen LogP contribution in [-0.4, -0.2) is 61.9 Å². The van der Waals surface area contributed by atoms with Gasteiger partial charge in [-0.2, -0.15) is 9.41 Å². The summed E-state index contributed by atoms with van der Waals surface area (Å²) in [5, 5.41) is 25.5. The van der Waals surface area contributed by atoms with Crippen LogP contribution in [0.25, 0.3) is 0 Å². The first-order valence-electron chi connectivity index (χ1n) is 9.94. The number of anilines is 1. The molecular formula is C20H24N4O7S. The summed E-state index contributed by atoms with van der Waals surface area (Å²) in [5.74, 6) is 0.452. The normalized spacial score (nSPS) is 15.0. The van der Waals surface area contributed by atoms with E-state index in [2.05, 4.69) is 10.5 Å². The van der Waals surface area contributed by atoms with Gasteiger partial charge >= 0.3 is 0 Å². The molecular weight excluding hydrogens is 440 g/mol. The van der Waals surface area contributed by atoms with Crippen LogP contribution >= 0.6 is 0 Å². The fourth-order valence-corrected chi connectivity index (χ4v) is 4.40. The molecule has 1 fully saturated rings. The van der Waals surface area contributed by atoms with Crippen LogP contribution in [-0.2, 0) is 14.8 Å². The number of nitro groups is 1. The van der Waals surface area contributed by atoms with Crippen molar-refractivity contribution in [1.82, 2.24) is 4.31 Å². The van der Waals surface area contributed by atoms with E-state index in [1.807, 2.05) is 6.92 Å². The Labute approximate surface area is 185 Å². The van der Waals surface area contributed by atoms with Crippen LogP contribution in [0.2, 0.25) is 0 Å². The Morgan fingerprint density at radius 3 is 2.69 bits per heavy atom. The third kappa shape index (κ3) is 5.52. The van der Waals surface area contributed by atoms with E-state index < -0.39 is 20.6 Å². The molecule has 11 nitrogen and oxygen atoms in total. The SMILES string of the molecule is CCCOc1ccc(/C=N\Nc2ccc(S(=O)(=O)N3CCOCC3)cc2[N+](=O)[O-])c(O)c1. The quantitative estimate of drug-likeness (QED) is 0.327. The molecule has 0 bridgehead atoms. The number of rotatable bonds is 9. The number of nitrogens with zero attached hydrogens (tertiary/aromatic N) is 3. The first kappa shape index (κ1) is 23.4. The van der Waals surface area contributed by atoms with Crippen LogP contribution in [0.3, 0.4) is 0 Å².